The highest BCUT2D eigenvalue weighted by Gasteiger charge is 2.46. The molecule has 22 nitrogen and oxygen atoms in total. The molecule has 3 aliphatic rings. The number of alkyl carbamates (subject to hydrolysis) is 1. The first-order chi connectivity index (χ1) is 25.3. The quantitative estimate of drug-likeness (QED) is 0.108. The van der Waals surface area contributed by atoms with Crippen LogP contribution in [-0.4, -0.2) is 167 Å². The summed E-state index contributed by atoms with van der Waals surface area (Å²) >= 11 is 0. The second kappa shape index (κ2) is 17.5. The predicted molar refractivity (Wildman–Crippen MR) is 190 cm³/mol. The van der Waals surface area contributed by atoms with Crippen LogP contribution in [0.4, 0.5) is 27.5 Å². The van der Waals surface area contributed by atoms with Gasteiger partial charge in [0.15, 0.2) is 6.23 Å². The van der Waals surface area contributed by atoms with Gasteiger partial charge in [0.2, 0.25) is 17.7 Å². The molecule has 1 aromatic rings. The van der Waals surface area contributed by atoms with Crippen molar-refractivity contribution in [3.8, 4) is 0 Å². The molecule has 22 heteroatoms. The lowest BCUT2D eigenvalue weighted by Gasteiger charge is -2.42. The highest BCUT2D eigenvalue weighted by atomic mass is 16.6. The highest BCUT2D eigenvalue weighted by molar-refractivity contribution is 5.91. The Labute approximate surface area is 310 Å². The number of hydrogen-bond donors (Lipinski definition) is 6. The van der Waals surface area contributed by atoms with E-state index in [4.69, 9.17) is 9.47 Å². The summed E-state index contributed by atoms with van der Waals surface area (Å²) in [5, 5.41) is 61.9. The van der Waals surface area contributed by atoms with Crippen molar-refractivity contribution in [1.29, 1.82) is 0 Å². The number of aliphatic hydroxyl groups excluding tert-OH is 3. The Bertz CT molecular complexity index is 1580. The minimum absolute atomic E-state index is 0.0104. The third-order valence-electron chi connectivity index (χ3n) is 9.22. The van der Waals surface area contributed by atoms with E-state index in [0.29, 0.717) is 26.2 Å². The maximum Gasteiger partial charge on any atom is 0.408 e. The number of rotatable bonds is 11. The number of nitrogens with zero attached hydrogens (tertiary/aromatic N) is 6. The largest absolute Gasteiger partial charge is 0.444 e. The van der Waals surface area contributed by atoms with Gasteiger partial charge in [-0.2, -0.15) is 0 Å². The first-order valence-electron chi connectivity index (χ1n) is 17.4. The Balaban J connectivity index is 1.53. The zero-order chi connectivity index (χ0) is 40.1. The molecule has 54 heavy (non-hydrogen) atoms. The fourth-order valence-corrected chi connectivity index (χ4v) is 6.48. The Hall–Kier alpha value is -4.90. The van der Waals surface area contributed by atoms with Gasteiger partial charge in [-0.05, 0) is 33.9 Å². The van der Waals surface area contributed by atoms with Crippen LogP contribution in [0.15, 0.2) is 12.1 Å². The number of hydrogen-bond acceptors (Lipinski definition) is 16. The number of amides is 4. The van der Waals surface area contributed by atoms with Gasteiger partial charge in [0.1, 0.15) is 47.4 Å². The molecule has 3 fully saturated rings. The molecule has 4 amide bonds. The molecule has 0 aromatic heterocycles. The standard InChI is InChI=1S/C32H49N9O13/c1-18(43)33-26-28(46)27(45)24(17-42)53-29(26)35-25(44)14-19(34-31(48)54-32(2,3)4)30(47)39-12-10-38(11-13-39)21-15-20(37-8-6-36(5)7-9-37)22(40(49)50)16-23(21)41(51)52/h15-16,19,24,26-29,42,45-46H,6-14,17H2,1-5H3,(H,33,43)(H,34,48)(H,35,44)/t19-,24+,26+,27+,28+,29+/m0/s1. The Morgan fingerprint density at radius 2 is 1.44 bits per heavy atom. The summed E-state index contributed by atoms with van der Waals surface area (Å²) in [7, 11) is 1.92. The van der Waals surface area contributed by atoms with E-state index >= 15 is 0 Å². The third kappa shape index (κ3) is 10.4. The van der Waals surface area contributed by atoms with Crippen molar-refractivity contribution in [1.82, 2.24) is 25.8 Å². The van der Waals surface area contributed by atoms with Crippen molar-refractivity contribution in [3.05, 3.63) is 32.4 Å². The molecule has 0 aliphatic carbocycles. The molecular weight excluding hydrogens is 718 g/mol. The van der Waals surface area contributed by atoms with Crippen LogP contribution in [0.1, 0.15) is 34.1 Å². The summed E-state index contributed by atoms with van der Waals surface area (Å²) in [6.07, 6.45) is -7.71. The van der Waals surface area contributed by atoms with Crippen LogP contribution in [0.3, 0.4) is 0 Å². The van der Waals surface area contributed by atoms with Crippen molar-refractivity contribution >= 4 is 46.6 Å². The van der Waals surface area contributed by atoms with Gasteiger partial charge in [0.25, 0.3) is 11.4 Å². The first kappa shape index (κ1) is 41.9. The highest BCUT2D eigenvalue weighted by Crippen LogP contribution is 2.40. The first-order valence-corrected chi connectivity index (χ1v) is 17.4. The molecule has 0 radical (unpaired) electrons. The number of likely N-dealkylation sites (N-methyl/N-ethyl adjacent to an activating group) is 1. The van der Waals surface area contributed by atoms with E-state index in [1.165, 1.54) is 11.0 Å². The summed E-state index contributed by atoms with van der Waals surface area (Å²) in [6, 6.07) is -0.453. The third-order valence-corrected chi connectivity index (χ3v) is 9.22. The molecule has 0 saturated carbocycles. The number of piperazine rings is 2. The molecule has 0 bridgehead atoms. The average Bonchev–Trinajstić information content (AvgIpc) is 3.09. The van der Waals surface area contributed by atoms with Crippen LogP contribution in [0.2, 0.25) is 0 Å². The van der Waals surface area contributed by atoms with Gasteiger partial charge in [0.05, 0.1) is 28.9 Å². The SMILES string of the molecule is CC(=O)N[C@@H]1[C@@H](O)[C@H](O)[C@@H](CO)O[C@H]1NC(=O)C[C@H](NC(=O)OC(C)(C)C)C(=O)N1CCN(c2cc(N3CCN(C)CC3)c([N+](=O)[O-])cc2[N+](=O)[O-])CC1. The topological polar surface area (TPSA) is 283 Å². The smallest absolute Gasteiger partial charge is 0.408 e. The number of carbonyl (C=O) groups excluding carboxylic acids is 4. The lowest BCUT2D eigenvalue weighted by Crippen LogP contribution is -2.68. The predicted octanol–water partition coefficient (Wildman–Crippen LogP) is -1.75. The van der Waals surface area contributed by atoms with E-state index in [2.05, 4.69) is 20.9 Å². The maximum absolute atomic E-state index is 13.9. The van der Waals surface area contributed by atoms with Gasteiger partial charge in [-0.25, -0.2) is 4.79 Å². The number of carbonyl (C=O) groups is 4. The van der Waals surface area contributed by atoms with Crippen molar-refractivity contribution in [3.63, 3.8) is 0 Å². The molecule has 6 atom stereocenters. The summed E-state index contributed by atoms with van der Waals surface area (Å²) in [5.74, 6) is -2.19. The molecule has 6 N–H and O–H groups in total. The van der Waals surface area contributed by atoms with Crippen molar-refractivity contribution in [2.75, 3.05) is 75.8 Å². The van der Waals surface area contributed by atoms with Crippen LogP contribution < -0.4 is 25.8 Å². The van der Waals surface area contributed by atoms with Crippen LogP contribution in [0.25, 0.3) is 0 Å². The minimum atomic E-state index is -1.65. The summed E-state index contributed by atoms with van der Waals surface area (Å²) in [4.78, 5) is 81.6. The van der Waals surface area contributed by atoms with Crippen molar-refractivity contribution in [2.24, 2.45) is 0 Å². The van der Waals surface area contributed by atoms with Crippen LogP contribution >= 0.6 is 0 Å². The summed E-state index contributed by atoms with van der Waals surface area (Å²) in [6.45, 7) is 7.54. The van der Waals surface area contributed by atoms with Gasteiger partial charge < -0.3 is 60.3 Å². The van der Waals surface area contributed by atoms with E-state index in [9.17, 15) is 54.7 Å². The number of nitrogens with one attached hydrogen (secondary N) is 3. The lowest BCUT2D eigenvalue weighted by atomic mass is 9.95. The Morgan fingerprint density at radius 1 is 0.907 bits per heavy atom. The molecule has 3 aliphatic heterocycles. The molecule has 1 aromatic carbocycles. The van der Waals surface area contributed by atoms with E-state index in [-0.39, 0.29) is 37.6 Å². The molecular formula is C32H49N9O13. The van der Waals surface area contributed by atoms with Crippen LogP contribution in [0, 0.1) is 20.2 Å². The molecule has 300 valence electrons. The molecule has 3 heterocycles. The molecule has 3 saturated heterocycles. The monoisotopic (exact) mass is 767 g/mol. The number of ether oxygens (including phenoxy) is 2. The maximum atomic E-state index is 13.9. The van der Waals surface area contributed by atoms with Gasteiger partial charge in [-0.15, -0.1) is 0 Å². The number of nitro benzene ring substituents is 2. The zero-order valence-electron chi connectivity index (χ0n) is 30.8. The van der Waals surface area contributed by atoms with E-state index in [0.717, 1.165) is 13.0 Å². The molecule has 0 spiro atoms. The van der Waals surface area contributed by atoms with Gasteiger partial charge in [0, 0.05) is 59.3 Å². The Kier molecular flexibility index (Phi) is 13.6. The second-order valence-corrected chi connectivity index (χ2v) is 14.4. The molecule has 0 unspecified atom stereocenters. The van der Waals surface area contributed by atoms with Gasteiger partial charge >= 0.3 is 6.09 Å². The number of benzene rings is 1. The minimum Gasteiger partial charge on any atom is -0.444 e. The number of anilines is 2. The van der Waals surface area contributed by atoms with Crippen molar-refractivity contribution in [2.45, 2.75) is 76.3 Å². The molecule has 4 rings (SSSR count). The average molecular weight is 768 g/mol. The Morgan fingerprint density at radius 3 is 1.93 bits per heavy atom. The van der Waals surface area contributed by atoms with E-state index < -0.39 is 100 Å². The van der Waals surface area contributed by atoms with Gasteiger partial charge in [-0.1, -0.05) is 0 Å². The second-order valence-electron chi connectivity index (χ2n) is 14.4. The zero-order valence-corrected chi connectivity index (χ0v) is 30.8. The van der Waals surface area contributed by atoms with Crippen LogP contribution in [0.5, 0.6) is 0 Å². The fourth-order valence-electron chi connectivity index (χ4n) is 6.48. The lowest BCUT2D eigenvalue weighted by molar-refractivity contribution is -0.393. The fraction of sp³-hybridized carbons (Fsp3) is 0.688. The van der Waals surface area contributed by atoms with E-state index in [1.54, 1.807) is 25.7 Å². The number of aliphatic hydroxyl groups is 3. The van der Waals surface area contributed by atoms with Gasteiger partial charge in [-0.3, -0.25) is 34.6 Å². The van der Waals surface area contributed by atoms with Crippen LogP contribution in [-0.2, 0) is 23.9 Å². The van der Waals surface area contributed by atoms with Crippen molar-refractivity contribution < 1.29 is 53.8 Å². The van der Waals surface area contributed by atoms with E-state index in [1.807, 2.05) is 11.9 Å². The summed E-state index contributed by atoms with van der Waals surface area (Å²) in [5.41, 5.74) is -1.44. The normalized spacial score (nSPS) is 24.3. The number of nitro groups is 2. The summed E-state index contributed by atoms with van der Waals surface area (Å²) < 4.78 is 10.9.